The molecule has 0 saturated carbocycles. The van der Waals surface area contributed by atoms with Gasteiger partial charge in [-0.1, -0.05) is 0 Å². The fraction of sp³-hybridized carbons (Fsp3) is 0.455. The number of thiophene rings is 1. The molecule has 0 saturated heterocycles. The van der Waals surface area contributed by atoms with Crippen molar-refractivity contribution < 1.29 is 9.59 Å². The summed E-state index contributed by atoms with van der Waals surface area (Å²) in [5.41, 5.74) is 0.617. The third-order valence-electron chi connectivity index (χ3n) is 2.35. The van der Waals surface area contributed by atoms with Crippen molar-refractivity contribution in [2.24, 2.45) is 0 Å². The highest BCUT2D eigenvalue weighted by molar-refractivity contribution is 14.1. The largest absolute Gasteiger partial charge is 0.343 e. The fourth-order valence-corrected chi connectivity index (χ4v) is 2.70. The number of nitrogens with one attached hydrogen (secondary N) is 1. The number of halogens is 1. The van der Waals surface area contributed by atoms with Crippen molar-refractivity contribution in [1.29, 1.82) is 0 Å². The molecule has 0 aliphatic rings. The van der Waals surface area contributed by atoms with E-state index in [-0.39, 0.29) is 18.4 Å². The van der Waals surface area contributed by atoms with Gasteiger partial charge in [0.1, 0.15) is 0 Å². The van der Waals surface area contributed by atoms with Crippen LogP contribution in [0, 0.1) is 2.88 Å². The van der Waals surface area contributed by atoms with Crippen molar-refractivity contribution >= 4 is 45.7 Å². The number of likely N-dealkylation sites (N-methyl/N-ethyl adjacent to an activating group) is 1. The van der Waals surface area contributed by atoms with E-state index in [1.807, 2.05) is 19.9 Å². The average Bonchev–Trinajstić information content (AvgIpc) is 2.74. The van der Waals surface area contributed by atoms with Crippen LogP contribution in [0.2, 0.25) is 0 Å². The zero-order valence-electron chi connectivity index (χ0n) is 9.83. The van der Waals surface area contributed by atoms with Crippen LogP contribution in [0.1, 0.15) is 24.2 Å². The summed E-state index contributed by atoms with van der Waals surface area (Å²) in [5, 5.41) is 4.43. The minimum absolute atomic E-state index is 0.0479. The van der Waals surface area contributed by atoms with Crippen LogP contribution in [0.25, 0.3) is 0 Å². The molecule has 0 unspecified atom stereocenters. The number of carbonyl (C=O) groups is 2. The van der Waals surface area contributed by atoms with E-state index in [1.165, 1.54) is 11.3 Å². The lowest BCUT2D eigenvalue weighted by Gasteiger charge is -2.18. The lowest BCUT2D eigenvalue weighted by molar-refractivity contribution is -0.129. The lowest BCUT2D eigenvalue weighted by Crippen LogP contribution is -2.39. The van der Waals surface area contributed by atoms with E-state index >= 15 is 0 Å². The molecular formula is C11H15IN2O2S. The first-order valence-corrected chi connectivity index (χ1v) is 7.34. The van der Waals surface area contributed by atoms with Crippen LogP contribution in [-0.2, 0) is 4.79 Å². The molecule has 0 radical (unpaired) electrons. The second-order valence-corrected chi connectivity index (χ2v) is 6.19. The molecule has 0 aliphatic heterocycles. The summed E-state index contributed by atoms with van der Waals surface area (Å²) in [6.07, 6.45) is 0. The van der Waals surface area contributed by atoms with Crippen molar-refractivity contribution in [3.63, 3.8) is 0 Å². The Bertz CT molecular complexity index is 402. The van der Waals surface area contributed by atoms with Gasteiger partial charge in [-0.15, -0.1) is 11.3 Å². The fourth-order valence-electron chi connectivity index (χ4n) is 1.38. The Labute approximate surface area is 119 Å². The second-order valence-electron chi connectivity index (χ2n) is 3.39. The SMILES string of the molecule is CCN(CC)C(=O)CNC(=O)c1csc(I)c1. The van der Waals surface area contributed by atoms with Crippen LogP contribution in [0.5, 0.6) is 0 Å². The van der Waals surface area contributed by atoms with Crippen LogP contribution < -0.4 is 5.32 Å². The van der Waals surface area contributed by atoms with Gasteiger partial charge in [0, 0.05) is 18.5 Å². The molecule has 6 heteroatoms. The van der Waals surface area contributed by atoms with Crippen LogP contribution in [0.4, 0.5) is 0 Å². The molecule has 0 aromatic carbocycles. The van der Waals surface area contributed by atoms with Crippen LogP contribution in [0.15, 0.2) is 11.4 Å². The van der Waals surface area contributed by atoms with E-state index in [2.05, 4.69) is 27.9 Å². The van der Waals surface area contributed by atoms with Gasteiger partial charge in [0.05, 0.1) is 15.0 Å². The maximum absolute atomic E-state index is 11.7. The molecule has 0 aliphatic carbocycles. The van der Waals surface area contributed by atoms with Gasteiger partial charge in [0.15, 0.2) is 0 Å². The van der Waals surface area contributed by atoms with E-state index in [9.17, 15) is 9.59 Å². The van der Waals surface area contributed by atoms with Crippen LogP contribution >= 0.6 is 33.9 Å². The molecule has 0 atom stereocenters. The predicted molar refractivity (Wildman–Crippen MR) is 77.3 cm³/mol. The molecule has 94 valence electrons. The van der Waals surface area contributed by atoms with Gasteiger partial charge in [-0.25, -0.2) is 0 Å². The molecule has 1 heterocycles. The average molecular weight is 366 g/mol. The molecule has 1 rings (SSSR count). The molecule has 0 bridgehead atoms. The highest BCUT2D eigenvalue weighted by Gasteiger charge is 2.12. The zero-order chi connectivity index (χ0) is 12.8. The van der Waals surface area contributed by atoms with Crippen LogP contribution in [0.3, 0.4) is 0 Å². The summed E-state index contributed by atoms with van der Waals surface area (Å²) >= 11 is 3.67. The van der Waals surface area contributed by atoms with E-state index in [0.29, 0.717) is 18.7 Å². The number of nitrogens with zero attached hydrogens (tertiary/aromatic N) is 1. The summed E-state index contributed by atoms with van der Waals surface area (Å²) in [6.45, 7) is 5.24. The molecule has 1 N–H and O–H groups in total. The van der Waals surface area contributed by atoms with E-state index in [0.717, 1.165) is 2.88 Å². The van der Waals surface area contributed by atoms with Gasteiger partial charge in [0.2, 0.25) is 5.91 Å². The van der Waals surface area contributed by atoms with Crippen molar-refractivity contribution in [2.75, 3.05) is 19.6 Å². The molecule has 2 amide bonds. The molecule has 0 spiro atoms. The molecule has 0 fully saturated rings. The minimum atomic E-state index is -0.190. The topological polar surface area (TPSA) is 49.4 Å². The Morgan fingerprint density at radius 1 is 1.41 bits per heavy atom. The Hall–Kier alpha value is -0.630. The quantitative estimate of drug-likeness (QED) is 0.810. The highest BCUT2D eigenvalue weighted by atomic mass is 127. The van der Waals surface area contributed by atoms with Gasteiger partial charge in [0.25, 0.3) is 5.91 Å². The third kappa shape index (κ3) is 4.27. The van der Waals surface area contributed by atoms with Crippen molar-refractivity contribution in [2.45, 2.75) is 13.8 Å². The number of carbonyl (C=O) groups excluding carboxylic acids is 2. The first kappa shape index (κ1) is 14.4. The Morgan fingerprint density at radius 2 is 2.06 bits per heavy atom. The highest BCUT2D eigenvalue weighted by Crippen LogP contribution is 2.16. The number of hydrogen-bond donors (Lipinski definition) is 1. The Balaban J connectivity index is 2.46. The smallest absolute Gasteiger partial charge is 0.252 e. The minimum Gasteiger partial charge on any atom is -0.343 e. The maximum Gasteiger partial charge on any atom is 0.252 e. The van der Waals surface area contributed by atoms with Crippen molar-refractivity contribution in [3.05, 3.63) is 19.9 Å². The van der Waals surface area contributed by atoms with E-state index in [4.69, 9.17) is 0 Å². The molecular weight excluding hydrogens is 351 g/mol. The Kier molecular flexibility index (Phi) is 5.90. The maximum atomic E-state index is 11.7. The molecule has 4 nitrogen and oxygen atoms in total. The van der Waals surface area contributed by atoms with Gasteiger partial charge in [-0.05, 0) is 42.5 Å². The summed E-state index contributed by atoms with van der Waals surface area (Å²) in [4.78, 5) is 25.0. The standard InChI is InChI=1S/C11H15IN2O2S/c1-3-14(4-2)10(15)6-13-11(16)8-5-9(12)17-7-8/h5,7H,3-4,6H2,1-2H3,(H,13,16). The molecule has 1 aromatic heterocycles. The number of hydrogen-bond acceptors (Lipinski definition) is 3. The van der Waals surface area contributed by atoms with Crippen molar-refractivity contribution in [3.8, 4) is 0 Å². The summed E-state index contributed by atoms with van der Waals surface area (Å²) in [6, 6.07) is 1.81. The predicted octanol–water partition coefficient (Wildman–Crippen LogP) is 1.95. The zero-order valence-corrected chi connectivity index (χ0v) is 12.8. The lowest BCUT2D eigenvalue weighted by atomic mass is 10.3. The normalized spacial score (nSPS) is 10.1. The number of rotatable bonds is 5. The van der Waals surface area contributed by atoms with Gasteiger partial charge < -0.3 is 10.2 Å². The summed E-state index contributed by atoms with van der Waals surface area (Å²) < 4.78 is 1.06. The summed E-state index contributed by atoms with van der Waals surface area (Å²) in [7, 11) is 0. The Morgan fingerprint density at radius 3 is 2.53 bits per heavy atom. The van der Waals surface area contributed by atoms with Gasteiger partial charge in [-0.3, -0.25) is 9.59 Å². The first-order chi connectivity index (χ1) is 8.08. The molecule has 1 aromatic rings. The van der Waals surface area contributed by atoms with Crippen molar-refractivity contribution in [1.82, 2.24) is 10.2 Å². The number of amides is 2. The summed E-state index contributed by atoms with van der Waals surface area (Å²) in [5.74, 6) is -0.238. The second kappa shape index (κ2) is 6.95. The third-order valence-corrected chi connectivity index (χ3v) is 4.13. The molecule has 17 heavy (non-hydrogen) atoms. The van der Waals surface area contributed by atoms with E-state index in [1.54, 1.807) is 10.3 Å². The first-order valence-electron chi connectivity index (χ1n) is 5.38. The van der Waals surface area contributed by atoms with E-state index < -0.39 is 0 Å². The van der Waals surface area contributed by atoms with Gasteiger partial charge >= 0.3 is 0 Å². The van der Waals surface area contributed by atoms with Crippen LogP contribution in [-0.4, -0.2) is 36.3 Å². The monoisotopic (exact) mass is 366 g/mol. The van der Waals surface area contributed by atoms with Gasteiger partial charge in [-0.2, -0.15) is 0 Å².